The number of amides is 6. The Morgan fingerprint density at radius 1 is 0.826 bits per heavy atom. The lowest BCUT2D eigenvalue weighted by atomic mass is 9.85. The van der Waals surface area contributed by atoms with E-state index in [1.165, 1.54) is 23.2 Å². The Kier molecular flexibility index (Phi) is 20.7. The van der Waals surface area contributed by atoms with Gasteiger partial charge >= 0.3 is 6.18 Å². The average molecular weight is 1210 g/mol. The normalized spacial score (nSPS) is 18.8. The van der Waals surface area contributed by atoms with Crippen molar-refractivity contribution < 1.29 is 51.4 Å². The highest BCUT2D eigenvalue weighted by Crippen LogP contribution is 2.38. The molecule has 3 saturated heterocycles. The molecule has 462 valence electrons. The van der Waals surface area contributed by atoms with E-state index < -0.39 is 70.0 Å². The van der Waals surface area contributed by atoms with Crippen LogP contribution in [0.4, 0.5) is 34.8 Å². The van der Waals surface area contributed by atoms with E-state index in [0.29, 0.717) is 88.7 Å². The summed E-state index contributed by atoms with van der Waals surface area (Å²) in [5.41, 5.74) is 1.37. The summed E-state index contributed by atoms with van der Waals surface area (Å²) in [5.74, 6) is -2.88. The van der Waals surface area contributed by atoms with E-state index in [9.17, 15) is 51.8 Å². The van der Waals surface area contributed by atoms with E-state index in [2.05, 4.69) is 41.1 Å². The summed E-state index contributed by atoms with van der Waals surface area (Å²) < 4.78 is 58.2. The lowest BCUT2D eigenvalue weighted by Crippen LogP contribution is -2.57. The Bertz CT molecular complexity index is 3300. The highest BCUT2D eigenvalue weighted by Gasteiger charge is 2.45. The maximum absolute atomic E-state index is 16.2. The Balaban J connectivity index is 0.757. The second-order valence-electron chi connectivity index (χ2n) is 23.6. The molecule has 86 heavy (non-hydrogen) atoms. The first-order valence-electron chi connectivity index (χ1n) is 29.0. The van der Waals surface area contributed by atoms with Crippen LogP contribution < -0.4 is 36.6 Å². The number of nitrogens with zero attached hydrogens (tertiary/aromatic N) is 7. The maximum Gasteiger partial charge on any atom is 0.417 e. The van der Waals surface area contributed by atoms with Gasteiger partial charge in [0.15, 0.2) is 0 Å². The van der Waals surface area contributed by atoms with Crippen LogP contribution in [0.2, 0.25) is 0 Å². The summed E-state index contributed by atoms with van der Waals surface area (Å²) in [6, 6.07) is 12.2. The lowest BCUT2D eigenvalue weighted by Gasteiger charge is -2.44. The molecule has 0 unspecified atom stereocenters. The molecule has 5 atom stereocenters. The SMILES string of the molecule is Cc1ncsc1-c1ccc(CNC(=O)[C@@H]2C[C@@H](O)CN2C(=O)[C@@H](NC(=O)CCCCCNC(=O)CCC(=O)N2CCN(c3ccc(-c4cc(NC(=O)c5c[nH]c(=O)cc5C(F)(F)F)c(N5C[C@@H](C)N(C)[C@@H](C)C5)cc4F)cn3)CC2)C(C)(C)C)cc1. The number of hydrogen-bond acceptors (Lipinski definition) is 14. The number of unbranched alkanes of at least 4 members (excludes halogenated alkanes) is 2. The Hall–Kier alpha value is -7.77. The minimum absolute atomic E-state index is 0.00555. The fourth-order valence-corrected chi connectivity index (χ4v) is 11.9. The molecule has 3 fully saturated rings. The summed E-state index contributed by atoms with van der Waals surface area (Å²) in [6.45, 7) is 14.4. The van der Waals surface area contributed by atoms with Crippen molar-refractivity contribution >= 4 is 64.0 Å². The molecule has 5 aromatic rings. The van der Waals surface area contributed by atoms with Gasteiger partial charge in [-0.15, -0.1) is 11.3 Å². The van der Waals surface area contributed by atoms with E-state index in [1.54, 1.807) is 33.9 Å². The molecule has 2 aromatic carbocycles. The first-order chi connectivity index (χ1) is 40.7. The van der Waals surface area contributed by atoms with Crippen LogP contribution in [0.15, 0.2) is 77.3 Å². The number of aliphatic hydroxyl groups is 1. The molecule has 0 aliphatic carbocycles. The van der Waals surface area contributed by atoms with E-state index in [4.69, 9.17) is 0 Å². The number of benzene rings is 2. The monoisotopic (exact) mass is 1210 g/mol. The summed E-state index contributed by atoms with van der Waals surface area (Å²) in [4.78, 5) is 113. The number of aryl methyl sites for hydroxylation is 1. The number of aromatic amines is 1. The third-order valence-electron chi connectivity index (χ3n) is 16.2. The smallest absolute Gasteiger partial charge is 0.391 e. The Morgan fingerprint density at radius 2 is 1.52 bits per heavy atom. The van der Waals surface area contributed by atoms with E-state index in [0.717, 1.165) is 21.7 Å². The summed E-state index contributed by atoms with van der Waals surface area (Å²) >= 11 is 1.55. The number of halogens is 4. The molecule has 6 heterocycles. The van der Waals surface area contributed by atoms with Gasteiger partial charge in [0, 0.05) is 126 Å². The van der Waals surface area contributed by atoms with E-state index >= 15 is 4.39 Å². The van der Waals surface area contributed by atoms with Crippen LogP contribution in [0, 0.1) is 18.2 Å². The van der Waals surface area contributed by atoms with E-state index in [-0.39, 0.29) is 85.5 Å². The van der Waals surface area contributed by atoms with Crippen molar-refractivity contribution in [2.45, 2.75) is 129 Å². The predicted molar refractivity (Wildman–Crippen MR) is 320 cm³/mol. The highest BCUT2D eigenvalue weighted by molar-refractivity contribution is 7.13. The number of nitrogens with one attached hydrogen (secondary N) is 5. The fraction of sp³-hybridized carbons (Fsp3) is 0.492. The number of likely N-dealkylation sites (tertiary alicyclic amines) is 1. The molecule has 3 aromatic heterocycles. The number of rotatable bonds is 20. The number of carbonyl (C=O) groups excluding carboxylic acids is 6. The zero-order chi connectivity index (χ0) is 62.2. The zero-order valence-electron chi connectivity index (χ0n) is 49.5. The number of alkyl halides is 3. The number of H-pyrrole nitrogens is 1. The van der Waals surface area contributed by atoms with Gasteiger partial charge in [0.1, 0.15) is 23.7 Å². The number of carbonyl (C=O) groups is 6. The van der Waals surface area contributed by atoms with Crippen LogP contribution in [0.3, 0.4) is 0 Å². The van der Waals surface area contributed by atoms with E-state index in [1.807, 2.05) is 82.7 Å². The quantitative estimate of drug-likeness (QED) is 0.0351. The summed E-state index contributed by atoms with van der Waals surface area (Å²) in [7, 11) is 1.96. The molecule has 0 spiro atoms. The van der Waals surface area contributed by atoms with Crippen molar-refractivity contribution in [2.75, 3.05) is 74.5 Å². The van der Waals surface area contributed by atoms with Crippen LogP contribution in [-0.4, -0.2) is 160 Å². The third-order valence-corrected chi connectivity index (χ3v) is 17.2. The Labute approximate surface area is 501 Å². The summed E-state index contributed by atoms with van der Waals surface area (Å²) in [6.07, 6.45) is -1.88. The van der Waals surface area contributed by atoms with Crippen LogP contribution in [0.1, 0.15) is 107 Å². The molecule has 6 N–H and O–H groups in total. The predicted octanol–water partition coefficient (Wildman–Crippen LogP) is 6.72. The van der Waals surface area contributed by atoms with Gasteiger partial charge in [-0.1, -0.05) is 51.5 Å². The average Bonchev–Trinajstić information content (AvgIpc) is 1.61. The first kappa shape index (κ1) is 64.2. The van der Waals surface area contributed by atoms with Gasteiger partial charge in [0.25, 0.3) is 5.91 Å². The van der Waals surface area contributed by atoms with Gasteiger partial charge in [-0.05, 0) is 81.5 Å². The molecule has 20 nitrogen and oxygen atoms in total. The molecule has 0 bridgehead atoms. The van der Waals surface area contributed by atoms with Crippen LogP contribution in [-0.2, 0) is 36.7 Å². The molecule has 3 aliphatic heterocycles. The van der Waals surface area contributed by atoms with Gasteiger partial charge in [-0.3, -0.25) is 38.5 Å². The number of thiazole rings is 1. The maximum atomic E-state index is 16.2. The molecule has 0 saturated carbocycles. The molecule has 3 aliphatic rings. The van der Waals surface area contributed by atoms with Crippen molar-refractivity contribution in [2.24, 2.45) is 5.41 Å². The third kappa shape index (κ3) is 16.0. The lowest BCUT2D eigenvalue weighted by molar-refractivity contribution is -0.144. The fourth-order valence-electron chi connectivity index (χ4n) is 11.0. The molecule has 0 radical (unpaired) electrons. The van der Waals surface area contributed by atoms with Crippen molar-refractivity contribution in [3.05, 3.63) is 111 Å². The van der Waals surface area contributed by atoms with Crippen LogP contribution >= 0.6 is 11.3 Å². The van der Waals surface area contributed by atoms with Crippen molar-refractivity contribution in [3.8, 4) is 21.6 Å². The number of hydrogen-bond donors (Lipinski definition) is 6. The molecule has 8 rings (SSSR count). The van der Waals surface area contributed by atoms with Gasteiger partial charge in [0.05, 0.1) is 44.7 Å². The topological polar surface area (TPSA) is 246 Å². The van der Waals surface area contributed by atoms with Crippen molar-refractivity contribution in [1.29, 1.82) is 0 Å². The molecular weight excluding hydrogens is 1140 g/mol. The van der Waals surface area contributed by atoms with Gasteiger partial charge in [-0.2, -0.15) is 13.2 Å². The zero-order valence-corrected chi connectivity index (χ0v) is 50.3. The minimum atomic E-state index is -5.01. The number of aliphatic hydroxyl groups excluding tert-OH is 1. The number of likely N-dealkylation sites (N-methyl/N-ethyl adjacent to an activating group) is 1. The summed E-state index contributed by atoms with van der Waals surface area (Å²) in [5, 5.41) is 21.8. The number of anilines is 3. The highest BCUT2D eigenvalue weighted by atomic mass is 32.1. The minimum Gasteiger partial charge on any atom is -0.391 e. The van der Waals surface area contributed by atoms with Gasteiger partial charge in [0.2, 0.25) is 35.1 Å². The first-order valence-corrected chi connectivity index (χ1v) is 29.9. The number of β-amino-alcohol motifs (C(OH)–C–C–N with tert-alkyl or cyclic N) is 1. The molecule has 25 heteroatoms. The van der Waals surface area contributed by atoms with Crippen molar-refractivity contribution in [1.82, 2.24) is 45.6 Å². The molecule has 6 amide bonds. The van der Waals surface area contributed by atoms with Gasteiger partial charge < -0.3 is 51.0 Å². The number of aromatic nitrogens is 3. The van der Waals surface area contributed by atoms with Crippen LogP contribution in [0.5, 0.6) is 0 Å². The van der Waals surface area contributed by atoms with Crippen molar-refractivity contribution in [3.63, 3.8) is 0 Å². The number of pyridine rings is 2. The largest absolute Gasteiger partial charge is 0.417 e. The van der Waals surface area contributed by atoms with Gasteiger partial charge in [-0.25, -0.2) is 14.4 Å². The van der Waals surface area contributed by atoms with Crippen LogP contribution in [0.25, 0.3) is 21.6 Å². The Morgan fingerprint density at radius 3 is 2.16 bits per heavy atom. The number of piperazine rings is 2. The standard InChI is InChI=1S/C61H76F4N12O8S/c1-36-32-76(33-37(2)73(36)7)48-28-46(62)43(26-47(48)71-57(83)44-31-68-53(81)27-45(44)61(63,64)65)41-16-17-50(67-30-41)74-21-23-75(24-22-74)54(82)19-18-51(79)66-20-10-8-9-11-52(80)72-56(60(4,5)6)59(85)77-34-42(78)25-49(77)58(84)69-29-39-12-14-40(15-13-39)55-38(3)70-35-86-55/h12-17,26-28,30-31,35-37,42,49,56,78H,8-11,18-25,29,32-34H2,1-7H3,(H,66,79)(H,68,81)(H,69,84)(H,71,83)(H,72,80)/t36-,37+,42-,49+,56-/m1/s1. The second-order valence-corrected chi connectivity index (χ2v) is 24.4. The second kappa shape index (κ2) is 27.7. The molecular formula is C61H76F4N12O8S.